The van der Waals surface area contributed by atoms with Gasteiger partial charge in [-0.3, -0.25) is 4.79 Å². The van der Waals surface area contributed by atoms with Crippen LogP contribution in [0.25, 0.3) is 0 Å². The van der Waals surface area contributed by atoms with Gasteiger partial charge in [-0.2, -0.15) is 0 Å². The molecule has 0 unspecified atom stereocenters. The predicted octanol–water partition coefficient (Wildman–Crippen LogP) is 0.304. The van der Waals surface area contributed by atoms with Crippen LogP contribution in [0.15, 0.2) is 0 Å². The Morgan fingerprint density at radius 2 is 1.92 bits per heavy atom. The maximum atomic E-state index is 11.2. The van der Waals surface area contributed by atoms with Gasteiger partial charge in [-0.05, 0) is 13.8 Å². The average Bonchev–Trinajstić information content (AvgIpc) is 2.04. The Kier molecular flexibility index (Phi) is 5.51. The first-order valence-electron chi connectivity index (χ1n) is 3.99. The highest BCUT2D eigenvalue weighted by Gasteiger charge is 2.26. The largest absolute Gasteiger partial charge is 0.464 e. The number of aliphatic hydroxyl groups is 2. The molecule has 13 heavy (non-hydrogen) atoms. The van der Waals surface area contributed by atoms with Crippen LogP contribution >= 0.6 is 15.9 Å². The molecule has 0 aromatic heterocycles. The highest BCUT2D eigenvalue weighted by atomic mass is 79.9. The van der Waals surface area contributed by atoms with Gasteiger partial charge in [-0.15, -0.1) is 0 Å². The van der Waals surface area contributed by atoms with E-state index in [1.165, 1.54) is 0 Å². The van der Waals surface area contributed by atoms with Gasteiger partial charge in [0.05, 0.1) is 19.8 Å². The van der Waals surface area contributed by atoms with Gasteiger partial charge >= 0.3 is 5.97 Å². The van der Waals surface area contributed by atoms with Gasteiger partial charge < -0.3 is 14.9 Å². The summed E-state index contributed by atoms with van der Waals surface area (Å²) in [6.07, 6.45) is 0. The number of rotatable bonds is 5. The van der Waals surface area contributed by atoms with Crippen molar-refractivity contribution in [2.45, 2.75) is 18.2 Å². The van der Waals surface area contributed by atoms with E-state index in [4.69, 9.17) is 14.9 Å². The number of hydrogen-bond acceptors (Lipinski definition) is 4. The van der Waals surface area contributed by atoms with Crippen molar-refractivity contribution < 1.29 is 19.7 Å². The van der Waals surface area contributed by atoms with E-state index in [0.717, 1.165) is 0 Å². The molecule has 0 aliphatic carbocycles. The average molecular weight is 255 g/mol. The molecule has 0 aromatic carbocycles. The molecule has 2 N–H and O–H groups in total. The number of esters is 1. The fraction of sp³-hybridized carbons (Fsp3) is 0.875. The molecule has 0 heterocycles. The molecule has 5 heteroatoms. The van der Waals surface area contributed by atoms with Gasteiger partial charge in [0.1, 0.15) is 4.32 Å². The van der Waals surface area contributed by atoms with Gasteiger partial charge in [-0.25, -0.2) is 0 Å². The number of carbonyl (C=O) groups excluding carboxylic acids is 1. The van der Waals surface area contributed by atoms with Gasteiger partial charge in [0.15, 0.2) is 0 Å². The van der Waals surface area contributed by atoms with Gasteiger partial charge in [0, 0.05) is 5.92 Å². The first-order valence-corrected chi connectivity index (χ1v) is 4.79. The van der Waals surface area contributed by atoms with Crippen LogP contribution in [0, 0.1) is 5.92 Å². The first kappa shape index (κ1) is 12.9. The van der Waals surface area contributed by atoms with E-state index >= 15 is 0 Å². The van der Waals surface area contributed by atoms with E-state index < -0.39 is 16.2 Å². The van der Waals surface area contributed by atoms with Gasteiger partial charge in [0.25, 0.3) is 0 Å². The molecule has 0 aliphatic rings. The van der Waals surface area contributed by atoms with E-state index in [1.807, 2.05) is 0 Å². The molecule has 0 rings (SSSR count). The SMILES string of the molecule is CC(C)(Br)C(=O)OCC(CO)CO. The molecule has 0 aliphatic heterocycles. The summed E-state index contributed by atoms with van der Waals surface area (Å²) in [5.41, 5.74) is 0. The van der Waals surface area contributed by atoms with Crippen LogP contribution in [0.1, 0.15) is 13.8 Å². The molecule has 0 bridgehead atoms. The molecule has 0 aromatic rings. The second-order valence-electron chi connectivity index (χ2n) is 3.30. The van der Waals surface area contributed by atoms with Crippen LogP contribution < -0.4 is 0 Å². The Bertz CT molecular complexity index is 160. The Hall–Kier alpha value is -0.130. The molecule has 0 atom stereocenters. The quantitative estimate of drug-likeness (QED) is 0.548. The normalized spacial score (nSPS) is 11.8. The highest BCUT2D eigenvalue weighted by molar-refractivity contribution is 9.10. The third kappa shape index (κ3) is 5.23. The van der Waals surface area contributed by atoms with Crippen molar-refractivity contribution in [1.82, 2.24) is 0 Å². The van der Waals surface area contributed by atoms with Crippen LogP contribution in [0.2, 0.25) is 0 Å². The molecule has 0 amide bonds. The maximum absolute atomic E-state index is 11.2. The summed E-state index contributed by atoms with van der Waals surface area (Å²) >= 11 is 3.14. The van der Waals surface area contributed by atoms with Crippen molar-refractivity contribution in [3.8, 4) is 0 Å². The molecule has 0 fully saturated rings. The molecule has 0 saturated carbocycles. The van der Waals surface area contributed by atoms with Crippen molar-refractivity contribution in [2.24, 2.45) is 5.92 Å². The Labute approximate surface area is 86.0 Å². The lowest BCUT2D eigenvalue weighted by molar-refractivity contribution is -0.147. The summed E-state index contributed by atoms with van der Waals surface area (Å²) in [5, 5.41) is 17.4. The van der Waals surface area contributed by atoms with Crippen LogP contribution in [0.5, 0.6) is 0 Å². The predicted molar refractivity (Wildman–Crippen MR) is 51.6 cm³/mol. The third-order valence-electron chi connectivity index (χ3n) is 1.45. The minimum absolute atomic E-state index is 0.0425. The second kappa shape index (κ2) is 5.57. The fourth-order valence-electron chi connectivity index (χ4n) is 0.528. The third-order valence-corrected chi connectivity index (χ3v) is 1.78. The van der Waals surface area contributed by atoms with Crippen molar-refractivity contribution in [3.05, 3.63) is 0 Å². The Balaban J connectivity index is 3.82. The number of hydrogen-bond donors (Lipinski definition) is 2. The van der Waals surface area contributed by atoms with Crippen molar-refractivity contribution in [3.63, 3.8) is 0 Å². The molecule has 0 saturated heterocycles. The van der Waals surface area contributed by atoms with Crippen LogP contribution in [-0.2, 0) is 9.53 Å². The maximum Gasteiger partial charge on any atom is 0.322 e. The summed E-state index contributed by atoms with van der Waals surface area (Å²) in [6.45, 7) is 3.00. The zero-order valence-electron chi connectivity index (χ0n) is 7.79. The van der Waals surface area contributed by atoms with E-state index in [0.29, 0.717) is 0 Å². The molecular formula is C8H15BrO4. The van der Waals surface area contributed by atoms with Gasteiger partial charge in [0.2, 0.25) is 0 Å². The lowest BCUT2D eigenvalue weighted by Gasteiger charge is -2.17. The number of ether oxygens (including phenoxy) is 1. The number of aliphatic hydroxyl groups excluding tert-OH is 2. The zero-order chi connectivity index (χ0) is 10.5. The molecule has 78 valence electrons. The van der Waals surface area contributed by atoms with E-state index in [9.17, 15) is 4.79 Å². The first-order chi connectivity index (χ1) is 5.91. The van der Waals surface area contributed by atoms with Crippen molar-refractivity contribution in [1.29, 1.82) is 0 Å². The summed E-state index contributed by atoms with van der Waals surface area (Å²) in [7, 11) is 0. The smallest absolute Gasteiger partial charge is 0.322 e. The van der Waals surface area contributed by atoms with E-state index in [1.54, 1.807) is 13.8 Å². The van der Waals surface area contributed by atoms with Crippen LogP contribution in [0.3, 0.4) is 0 Å². The lowest BCUT2D eigenvalue weighted by Crippen LogP contribution is -2.30. The topological polar surface area (TPSA) is 66.8 Å². The summed E-state index contributed by atoms with van der Waals surface area (Å²) < 4.78 is 4.12. The standard InChI is InChI=1S/C8H15BrO4/c1-8(2,9)7(12)13-5-6(3-10)4-11/h6,10-11H,3-5H2,1-2H3. The van der Waals surface area contributed by atoms with Crippen molar-refractivity contribution >= 4 is 21.9 Å². The zero-order valence-corrected chi connectivity index (χ0v) is 9.37. The lowest BCUT2D eigenvalue weighted by atomic mass is 10.2. The minimum Gasteiger partial charge on any atom is -0.464 e. The van der Waals surface area contributed by atoms with E-state index in [-0.39, 0.29) is 19.8 Å². The monoisotopic (exact) mass is 254 g/mol. The summed E-state index contributed by atoms with van der Waals surface area (Å²) in [4.78, 5) is 11.2. The molecule has 0 spiro atoms. The Morgan fingerprint density at radius 1 is 1.46 bits per heavy atom. The summed E-state index contributed by atoms with van der Waals surface area (Å²) in [5.74, 6) is -0.793. The molecular weight excluding hydrogens is 240 g/mol. The number of carbonyl (C=O) groups is 1. The molecule has 0 radical (unpaired) electrons. The highest BCUT2D eigenvalue weighted by Crippen LogP contribution is 2.17. The Morgan fingerprint density at radius 3 is 2.23 bits per heavy atom. The van der Waals surface area contributed by atoms with E-state index in [2.05, 4.69) is 15.9 Å². The van der Waals surface area contributed by atoms with Crippen LogP contribution in [-0.4, -0.2) is 40.3 Å². The number of alkyl halides is 1. The fourth-order valence-corrected chi connectivity index (χ4v) is 0.643. The van der Waals surface area contributed by atoms with Crippen molar-refractivity contribution in [2.75, 3.05) is 19.8 Å². The second-order valence-corrected chi connectivity index (χ2v) is 5.28. The minimum atomic E-state index is -0.720. The van der Waals surface area contributed by atoms with Gasteiger partial charge in [-0.1, -0.05) is 15.9 Å². The number of halogens is 1. The molecule has 4 nitrogen and oxygen atoms in total. The van der Waals surface area contributed by atoms with Crippen LogP contribution in [0.4, 0.5) is 0 Å². The summed E-state index contributed by atoms with van der Waals surface area (Å²) in [6, 6.07) is 0.